The van der Waals surface area contributed by atoms with E-state index in [1.165, 1.54) is 0 Å². The second kappa shape index (κ2) is 5.31. The van der Waals surface area contributed by atoms with E-state index >= 15 is 0 Å². The molecule has 1 fully saturated rings. The number of carbonyl (C=O) groups is 1. The smallest absolute Gasteiger partial charge is 0.254 e. The molecule has 3 rings (SSSR count). The van der Waals surface area contributed by atoms with Crippen molar-refractivity contribution < 1.29 is 17.9 Å². The molecule has 1 unspecified atom stereocenters. The van der Waals surface area contributed by atoms with Crippen LogP contribution in [-0.4, -0.2) is 44.0 Å². The zero-order valence-electron chi connectivity index (χ0n) is 12.5. The Balaban J connectivity index is 1.96. The van der Waals surface area contributed by atoms with E-state index < -0.39 is 9.84 Å². The number of benzene rings is 1. The Kier molecular flexibility index (Phi) is 3.60. The van der Waals surface area contributed by atoms with Crippen molar-refractivity contribution in [3.8, 4) is 5.75 Å². The summed E-state index contributed by atoms with van der Waals surface area (Å²) in [6, 6.07) is 5.20. The molecule has 0 saturated carbocycles. The van der Waals surface area contributed by atoms with Crippen molar-refractivity contribution >= 4 is 26.6 Å². The molecule has 22 heavy (non-hydrogen) atoms. The van der Waals surface area contributed by atoms with Crippen LogP contribution < -0.4 is 10.1 Å². The number of hydrogen-bond acceptors (Lipinski definition) is 4. The number of rotatable bonds is 3. The quantitative estimate of drug-likeness (QED) is 0.894. The Labute approximate surface area is 128 Å². The Morgan fingerprint density at radius 1 is 1.41 bits per heavy atom. The minimum atomic E-state index is -3.02. The van der Waals surface area contributed by atoms with Gasteiger partial charge in [0.1, 0.15) is 5.75 Å². The molecular formula is C15H18N2O4S. The number of ether oxygens (including phenoxy) is 1. The maximum atomic E-state index is 12.6. The Bertz CT molecular complexity index is 839. The van der Waals surface area contributed by atoms with E-state index in [9.17, 15) is 13.2 Å². The maximum absolute atomic E-state index is 12.6. The van der Waals surface area contributed by atoms with Crippen LogP contribution in [0, 0.1) is 6.92 Å². The van der Waals surface area contributed by atoms with Crippen molar-refractivity contribution in [3.05, 3.63) is 29.5 Å². The van der Waals surface area contributed by atoms with Crippen LogP contribution in [0.25, 0.3) is 10.9 Å². The molecule has 7 heteroatoms. The van der Waals surface area contributed by atoms with Gasteiger partial charge in [-0.3, -0.25) is 4.79 Å². The van der Waals surface area contributed by atoms with E-state index in [0.29, 0.717) is 17.7 Å². The molecule has 6 nitrogen and oxygen atoms in total. The first kappa shape index (κ1) is 14.9. The van der Waals surface area contributed by atoms with Crippen molar-refractivity contribution in [2.75, 3.05) is 18.6 Å². The fourth-order valence-electron chi connectivity index (χ4n) is 2.97. The van der Waals surface area contributed by atoms with Gasteiger partial charge in [0, 0.05) is 11.7 Å². The largest absolute Gasteiger partial charge is 0.496 e. The third-order valence-corrected chi connectivity index (χ3v) is 5.76. The summed E-state index contributed by atoms with van der Waals surface area (Å²) in [6.07, 6.45) is 0.465. The van der Waals surface area contributed by atoms with Gasteiger partial charge in [-0.1, -0.05) is 6.07 Å². The lowest BCUT2D eigenvalue weighted by atomic mass is 10.1. The van der Waals surface area contributed by atoms with Gasteiger partial charge in [-0.25, -0.2) is 8.42 Å². The summed E-state index contributed by atoms with van der Waals surface area (Å²) in [7, 11) is -1.46. The Hall–Kier alpha value is -2.02. The predicted octanol–water partition coefficient (Wildman–Crippen LogP) is 1.40. The molecule has 1 aromatic heterocycles. The van der Waals surface area contributed by atoms with Crippen molar-refractivity contribution in [1.82, 2.24) is 10.3 Å². The molecule has 118 valence electrons. The fraction of sp³-hybridized carbons (Fsp3) is 0.400. The lowest BCUT2D eigenvalue weighted by Crippen LogP contribution is -2.35. The zero-order valence-corrected chi connectivity index (χ0v) is 13.3. The molecular weight excluding hydrogens is 304 g/mol. The van der Waals surface area contributed by atoms with Gasteiger partial charge < -0.3 is 15.0 Å². The van der Waals surface area contributed by atoms with Gasteiger partial charge in [-0.2, -0.15) is 0 Å². The van der Waals surface area contributed by atoms with E-state index in [2.05, 4.69) is 10.3 Å². The molecule has 0 radical (unpaired) electrons. The molecule has 2 aromatic rings. The lowest BCUT2D eigenvalue weighted by Gasteiger charge is -2.11. The minimum absolute atomic E-state index is 0.0112. The van der Waals surface area contributed by atoms with E-state index in [1.54, 1.807) is 13.2 Å². The highest BCUT2D eigenvalue weighted by atomic mass is 32.2. The van der Waals surface area contributed by atoms with Crippen molar-refractivity contribution in [2.45, 2.75) is 19.4 Å². The van der Waals surface area contributed by atoms with Crippen LogP contribution >= 0.6 is 0 Å². The highest BCUT2D eigenvalue weighted by Crippen LogP contribution is 2.31. The van der Waals surface area contributed by atoms with E-state index in [0.717, 1.165) is 16.6 Å². The summed E-state index contributed by atoms with van der Waals surface area (Å²) < 4.78 is 28.4. The average molecular weight is 322 g/mol. The molecule has 1 aliphatic rings. The predicted molar refractivity (Wildman–Crippen MR) is 84.1 cm³/mol. The number of nitrogens with one attached hydrogen (secondary N) is 2. The number of methoxy groups -OCH3 is 1. The first-order valence-electron chi connectivity index (χ1n) is 7.08. The monoisotopic (exact) mass is 322 g/mol. The van der Waals surface area contributed by atoms with Gasteiger partial charge in [-0.15, -0.1) is 0 Å². The van der Waals surface area contributed by atoms with Gasteiger partial charge >= 0.3 is 0 Å². The molecule has 1 saturated heterocycles. The Morgan fingerprint density at radius 3 is 2.82 bits per heavy atom. The van der Waals surface area contributed by atoms with Crippen molar-refractivity contribution in [2.24, 2.45) is 0 Å². The topological polar surface area (TPSA) is 88.3 Å². The Morgan fingerprint density at radius 2 is 2.18 bits per heavy atom. The maximum Gasteiger partial charge on any atom is 0.254 e. The molecule has 0 spiro atoms. The van der Waals surface area contributed by atoms with Crippen LogP contribution in [0.5, 0.6) is 5.75 Å². The fourth-order valence-corrected chi connectivity index (χ4v) is 4.64. The number of aromatic amines is 1. The number of amides is 1. The van der Waals surface area contributed by atoms with Crippen LogP contribution in [0.1, 0.15) is 22.5 Å². The van der Waals surface area contributed by atoms with E-state index in [-0.39, 0.29) is 23.5 Å². The summed E-state index contributed by atoms with van der Waals surface area (Å²) in [5.41, 5.74) is 2.07. The van der Waals surface area contributed by atoms with Crippen LogP contribution in [0.15, 0.2) is 18.2 Å². The van der Waals surface area contributed by atoms with Gasteiger partial charge in [0.2, 0.25) is 0 Å². The van der Waals surface area contributed by atoms with E-state index in [1.807, 2.05) is 19.1 Å². The van der Waals surface area contributed by atoms with Gasteiger partial charge in [-0.05, 0) is 25.5 Å². The van der Waals surface area contributed by atoms with Gasteiger partial charge in [0.05, 0.1) is 35.1 Å². The number of carbonyl (C=O) groups excluding carboxylic acids is 1. The molecule has 2 N–H and O–H groups in total. The molecule has 1 aliphatic heterocycles. The number of aromatic nitrogens is 1. The summed E-state index contributed by atoms with van der Waals surface area (Å²) in [5, 5.41) is 3.55. The summed E-state index contributed by atoms with van der Waals surface area (Å²) in [5.74, 6) is 0.493. The lowest BCUT2D eigenvalue weighted by molar-refractivity contribution is 0.0942. The molecule has 0 bridgehead atoms. The standard InChI is InChI=1S/C15H18N2O4S/c1-9-13(14-11(16-9)4-3-5-12(14)21-2)15(18)17-10-6-7-22(19,20)8-10/h3-5,10,16H,6-8H2,1-2H3,(H,17,18). The third-order valence-electron chi connectivity index (χ3n) is 3.99. The highest BCUT2D eigenvalue weighted by molar-refractivity contribution is 7.91. The molecule has 1 aromatic carbocycles. The van der Waals surface area contributed by atoms with Gasteiger partial charge in [0.15, 0.2) is 9.84 Å². The summed E-state index contributed by atoms with van der Waals surface area (Å²) in [4.78, 5) is 15.8. The molecule has 1 amide bonds. The molecule has 0 aliphatic carbocycles. The number of H-pyrrole nitrogens is 1. The van der Waals surface area contributed by atoms with Crippen LogP contribution in [0.3, 0.4) is 0 Å². The second-order valence-electron chi connectivity index (χ2n) is 5.58. The SMILES string of the molecule is COc1cccc2[nH]c(C)c(C(=O)NC3CCS(=O)(=O)C3)c12. The van der Waals surface area contributed by atoms with Crippen LogP contribution in [0.2, 0.25) is 0 Å². The van der Waals surface area contributed by atoms with Crippen LogP contribution in [-0.2, 0) is 9.84 Å². The molecule has 2 heterocycles. The first-order valence-corrected chi connectivity index (χ1v) is 8.90. The number of hydrogen-bond donors (Lipinski definition) is 2. The van der Waals surface area contributed by atoms with Crippen LogP contribution in [0.4, 0.5) is 0 Å². The number of fused-ring (bicyclic) bond motifs is 1. The third kappa shape index (κ3) is 2.56. The average Bonchev–Trinajstić information content (AvgIpc) is 2.96. The molecule has 1 atom stereocenters. The van der Waals surface area contributed by atoms with Crippen molar-refractivity contribution in [3.63, 3.8) is 0 Å². The second-order valence-corrected chi connectivity index (χ2v) is 7.81. The highest BCUT2D eigenvalue weighted by Gasteiger charge is 2.30. The summed E-state index contributed by atoms with van der Waals surface area (Å²) >= 11 is 0. The zero-order chi connectivity index (χ0) is 15.9. The normalized spacial score (nSPS) is 20.2. The van der Waals surface area contributed by atoms with Gasteiger partial charge in [0.25, 0.3) is 5.91 Å². The number of aryl methyl sites for hydroxylation is 1. The minimum Gasteiger partial charge on any atom is -0.496 e. The number of sulfone groups is 1. The van der Waals surface area contributed by atoms with Crippen molar-refractivity contribution in [1.29, 1.82) is 0 Å². The summed E-state index contributed by atoms with van der Waals surface area (Å²) in [6.45, 7) is 1.82. The van der Waals surface area contributed by atoms with E-state index in [4.69, 9.17) is 4.74 Å². The first-order chi connectivity index (χ1) is 10.4.